The number of aryl methyl sites for hydroxylation is 2. The normalized spacial score (nSPS) is 19.4. The van der Waals surface area contributed by atoms with Crippen LogP contribution in [0.15, 0.2) is 6.07 Å². The number of aromatic nitrogens is 1. The Labute approximate surface area is 169 Å². The number of fused-ring (bicyclic) bond motifs is 3. The first-order valence-corrected chi connectivity index (χ1v) is 10.3. The molecule has 1 saturated heterocycles. The van der Waals surface area contributed by atoms with Crippen LogP contribution in [0.5, 0.6) is 0 Å². The first-order valence-electron chi connectivity index (χ1n) is 10.3. The minimum atomic E-state index is -0.639. The van der Waals surface area contributed by atoms with Crippen molar-refractivity contribution in [3.8, 4) is 0 Å². The van der Waals surface area contributed by atoms with E-state index < -0.39 is 17.3 Å². The first-order chi connectivity index (χ1) is 13.7. The van der Waals surface area contributed by atoms with Crippen molar-refractivity contribution in [1.82, 2.24) is 9.88 Å². The lowest BCUT2D eigenvalue weighted by Crippen LogP contribution is -2.42. The highest BCUT2D eigenvalue weighted by molar-refractivity contribution is 6.07. The quantitative estimate of drug-likeness (QED) is 0.797. The van der Waals surface area contributed by atoms with Gasteiger partial charge in [-0.1, -0.05) is 0 Å². The summed E-state index contributed by atoms with van der Waals surface area (Å²) in [5, 5.41) is 0.794. The monoisotopic (exact) mass is 401 g/mol. The van der Waals surface area contributed by atoms with Gasteiger partial charge in [-0.3, -0.25) is 4.79 Å². The Balaban J connectivity index is 1.76. The summed E-state index contributed by atoms with van der Waals surface area (Å²) in [6.45, 7) is 6.50. The van der Waals surface area contributed by atoms with Gasteiger partial charge < -0.3 is 20.4 Å². The molecule has 1 unspecified atom stereocenters. The number of nitrogens with two attached hydrogens (primary N) is 1. The van der Waals surface area contributed by atoms with Gasteiger partial charge in [0.25, 0.3) is 5.91 Å². The molecule has 29 heavy (non-hydrogen) atoms. The van der Waals surface area contributed by atoms with Crippen molar-refractivity contribution < 1.29 is 18.7 Å². The molecule has 1 aromatic carbocycles. The van der Waals surface area contributed by atoms with Gasteiger partial charge in [-0.05, 0) is 64.5 Å². The van der Waals surface area contributed by atoms with Gasteiger partial charge in [-0.25, -0.2) is 9.18 Å². The number of ether oxygens (including phenoxy) is 1. The summed E-state index contributed by atoms with van der Waals surface area (Å²) in [6.07, 6.45) is 3.93. The molecule has 6 nitrogen and oxygen atoms in total. The minimum absolute atomic E-state index is 0.152. The molecule has 2 aliphatic rings. The van der Waals surface area contributed by atoms with Gasteiger partial charge in [-0.15, -0.1) is 0 Å². The average Bonchev–Trinajstić information content (AvgIpc) is 3.21. The van der Waals surface area contributed by atoms with Crippen LogP contribution >= 0.6 is 0 Å². The minimum Gasteiger partial charge on any atom is -0.444 e. The molecule has 156 valence electrons. The molecule has 0 radical (unpaired) electrons. The second-order valence-corrected chi connectivity index (χ2v) is 9.14. The summed E-state index contributed by atoms with van der Waals surface area (Å²) >= 11 is 0. The van der Waals surface area contributed by atoms with E-state index in [-0.39, 0.29) is 17.6 Å². The molecule has 7 heteroatoms. The number of carbonyl (C=O) groups excluding carboxylic acids is 2. The fraction of sp³-hybridized carbons (Fsp3) is 0.545. The molecular formula is C22H28FN3O3. The number of likely N-dealkylation sites (tertiary alicyclic amines) is 1. The highest BCUT2D eigenvalue weighted by atomic mass is 19.1. The molecule has 0 saturated carbocycles. The maximum absolute atomic E-state index is 15.3. The van der Waals surface area contributed by atoms with E-state index in [0.29, 0.717) is 24.2 Å². The standard InChI is InChI=1S/C22H28FN3O3/c1-22(2,3)29-21(28)26-9-5-6-12(11-26)17-15(23)10-14(20(24)27)19-18(17)13-7-4-8-16(13)25-19/h10,12,25H,4-9,11H2,1-3H3,(H2,24,27). The molecule has 1 fully saturated rings. The van der Waals surface area contributed by atoms with E-state index in [1.165, 1.54) is 6.07 Å². The number of nitrogens with zero attached hydrogens (tertiary/aromatic N) is 1. The first kappa shape index (κ1) is 19.7. The summed E-state index contributed by atoms with van der Waals surface area (Å²) in [4.78, 5) is 29.5. The van der Waals surface area contributed by atoms with Crippen molar-refractivity contribution in [3.63, 3.8) is 0 Å². The Hall–Kier alpha value is -2.57. The topological polar surface area (TPSA) is 88.4 Å². The lowest BCUT2D eigenvalue weighted by molar-refractivity contribution is 0.0197. The van der Waals surface area contributed by atoms with Crippen LogP contribution in [0.25, 0.3) is 10.9 Å². The number of hydrogen-bond acceptors (Lipinski definition) is 3. The molecule has 2 aromatic rings. The van der Waals surface area contributed by atoms with Crippen LogP contribution in [-0.2, 0) is 17.6 Å². The van der Waals surface area contributed by atoms with Crippen molar-refractivity contribution in [1.29, 1.82) is 0 Å². The summed E-state index contributed by atoms with van der Waals surface area (Å²) in [6, 6.07) is 1.25. The van der Waals surface area contributed by atoms with Gasteiger partial charge in [0.2, 0.25) is 0 Å². The number of primary amides is 1. The van der Waals surface area contributed by atoms with Gasteiger partial charge in [-0.2, -0.15) is 0 Å². The molecule has 1 aliphatic carbocycles. The second kappa shape index (κ2) is 7.04. The summed E-state index contributed by atoms with van der Waals surface area (Å²) in [5.74, 6) is -1.21. The predicted molar refractivity (Wildman–Crippen MR) is 109 cm³/mol. The molecule has 3 N–H and O–H groups in total. The summed E-state index contributed by atoms with van der Waals surface area (Å²) in [7, 11) is 0. The molecule has 1 aromatic heterocycles. The molecule has 2 amide bonds. The molecule has 1 aliphatic heterocycles. The maximum Gasteiger partial charge on any atom is 0.410 e. The van der Waals surface area contributed by atoms with Gasteiger partial charge in [0.15, 0.2) is 0 Å². The number of carbonyl (C=O) groups is 2. The molecule has 0 bridgehead atoms. The van der Waals surface area contributed by atoms with Crippen molar-refractivity contribution in [2.45, 2.75) is 64.4 Å². The van der Waals surface area contributed by atoms with Crippen LogP contribution in [0, 0.1) is 5.82 Å². The fourth-order valence-electron chi connectivity index (χ4n) is 4.72. The number of halogens is 1. The van der Waals surface area contributed by atoms with Gasteiger partial charge in [0.05, 0.1) is 11.1 Å². The van der Waals surface area contributed by atoms with Gasteiger partial charge >= 0.3 is 6.09 Å². The Kier molecular flexibility index (Phi) is 4.79. The zero-order chi connectivity index (χ0) is 20.9. The van der Waals surface area contributed by atoms with Gasteiger partial charge in [0, 0.05) is 35.7 Å². The van der Waals surface area contributed by atoms with Crippen molar-refractivity contribution >= 4 is 22.9 Å². The Morgan fingerprint density at radius 3 is 2.72 bits per heavy atom. The smallest absolute Gasteiger partial charge is 0.410 e. The number of rotatable bonds is 2. The van der Waals surface area contributed by atoms with Crippen LogP contribution < -0.4 is 5.73 Å². The summed E-state index contributed by atoms with van der Waals surface area (Å²) < 4.78 is 20.8. The van der Waals surface area contributed by atoms with Crippen LogP contribution in [0.2, 0.25) is 0 Å². The third-order valence-electron chi connectivity index (χ3n) is 5.86. The predicted octanol–water partition coefficient (Wildman–Crippen LogP) is 4.01. The van der Waals surface area contributed by atoms with Crippen molar-refractivity contribution in [2.24, 2.45) is 5.73 Å². The Morgan fingerprint density at radius 1 is 1.28 bits per heavy atom. The third kappa shape index (κ3) is 3.58. The number of piperidine rings is 1. The summed E-state index contributed by atoms with van der Waals surface area (Å²) in [5.41, 5.74) is 8.52. The number of amides is 2. The number of benzene rings is 1. The average molecular weight is 401 g/mol. The zero-order valence-corrected chi connectivity index (χ0v) is 17.2. The zero-order valence-electron chi connectivity index (χ0n) is 17.2. The van der Waals surface area contributed by atoms with E-state index in [9.17, 15) is 9.59 Å². The highest BCUT2D eigenvalue weighted by Gasteiger charge is 2.33. The van der Waals surface area contributed by atoms with Crippen LogP contribution in [0.4, 0.5) is 9.18 Å². The SMILES string of the molecule is CC(C)(C)OC(=O)N1CCCC(c2c(F)cc(C(N)=O)c3[nH]c4c(c23)CCC4)C1. The Morgan fingerprint density at radius 2 is 2.03 bits per heavy atom. The van der Waals surface area contributed by atoms with Crippen molar-refractivity contribution in [3.05, 3.63) is 34.3 Å². The van der Waals surface area contributed by atoms with E-state index in [4.69, 9.17) is 10.5 Å². The Bertz CT molecular complexity index is 990. The number of H-pyrrole nitrogens is 1. The van der Waals surface area contributed by atoms with E-state index in [0.717, 1.165) is 48.7 Å². The number of nitrogens with one attached hydrogen (secondary N) is 1. The van der Waals surface area contributed by atoms with E-state index in [1.54, 1.807) is 4.90 Å². The maximum atomic E-state index is 15.3. The van der Waals surface area contributed by atoms with Gasteiger partial charge in [0.1, 0.15) is 11.4 Å². The molecule has 0 spiro atoms. The lowest BCUT2D eigenvalue weighted by Gasteiger charge is -2.34. The molecular weight excluding hydrogens is 373 g/mol. The second-order valence-electron chi connectivity index (χ2n) is 9.14. The third-order valence-corrected chi connectivity index (χ3v) is 5.86. The van der Waals surface area contributed by atoms with E-state index in [2.05, 4.69) is 4.98 Å². The fourth-order valence-corrected chi connectivity index (χ4v) is 4.72. The van der Waals surface area contributed by atoms with Crippen LogP contribution in [0.1, 0.15) is 73.1 Å². The van der Waals surface area contributed by atoms with Crippen LogP contribution in [-0.4, -0.2) is 40.6 Å². The van der Waals surface area contributed by atoms with Crippen molar-refractivity contribution in [2.75, 3.05) is 13.1 Å². The number of aromatic amines is 1. The van der Waals surface area contributed by atoms with E-state index >= 15 is 4.39 Å². The molecule has 4 rings (SSSR count). The number of hydrogen-bond donors (Lipinski definition) is 2. The molecule has 1 atom stereocenters. The lowest BCUT2D eigenvalue weighted by atomic mass is 9.86. The van der Waals surface area contributed by atoms with E-state index in [1.807, 2.05) is 20.8 Å². The largest absolute Gasteiger partial charge is 0.444 e. The molecule has 2 heterocycles. The van der Waals surface area contributed by atoms with Crippen LogP contribution in [0.3, 0.4) is 0 Å². The highest BCUT2D eigenvalue weighted by Crippen LogP contribution is 2.41.